The first-order chi connectivity index (χ1) is 7.07. The molecule has 2 aliphatic rings. The van der Waals surface area contributed by atoms with Crippen LogP contribution in [0, 0.1) is 0 Å². The van der Waals surface area contributed by atoms with Gasteiger partial charge in [-0.2, -0.15) is 0 Å². The van der Waals surface area contributed by atoms with Crippen molar-refractivity contribution >= 4 is 9.84 Å². The molecule has 0 saturated carbocycles. The Morgan fingerprint density at radius 2 is 1.93 bits per heavy atom. The zero-order valence-corrected chi connectivity index (χ0v) is 10.0. The second-order valence-corrected chi connectivity index (χ2v) is 6.86. The maximum absolute atomic E-state index is 11.3. The van der Waals surface area contributed by atoms with Gasteiger partial charge in [0.2, 0.25) is 0 Å². The summed E-state index contributed by atoms with van der Waals surface area (Å²) in [6.45, 7) is 4.76. The fraction of sp³-hybridized carbons (Fsp3) is 1.00. The lowest BCUT2D eigenvalue weighted by atomic mass is 10.1. The van der Waals surface area contributed by atoms with Crippen LogP contribution in [0.5, 0.6) is 0 Å². The molecule has 0 spiro atoms. The summed E-state index contributed by atoms with van der Waals surface area (Å²) in [5, 5.41) is 0. The maximum atomic E-state index is 11.3. The molecule has 4 nitrogen and oxygen atoms in total. The van der Waals surface area contributed by atoms with Crippen LogP contribution in [0.15, 0.2) is 0 Å². The minimum absolute atomic E-state index is 0.289. The Balaban J connectivity index is 1.90. The van der Waals surface area contributed by atoms with Crippen LogP contribution in [0.3, 0.4) is 0 Å². The van der Waals surface area contributed by atoms with E-state index in [0.29, 0.717) is 17.5 Å². The lowest BCUT2D eigenvalue weighted by Gasteiger charge is -2.38. The van der Waals surface area contributed by atoms with Gasteiger partial charge in [0.05, 0.1) is 24.2 Å². The summed E-state index contributed by atoms with van der Waals surface area (Å²) in [5.41, 5.74) is 0. The Morgan fingerprint density at radius 1 is 1.27 bits per heavy atom. The molecule has 0 bridgehead atoms. The van der Waals surface area contributed by atoms with Crippen LogP contribution in [0.4, 0.5) is 0 Å². The van der Waals surface area contributed by atoms with Gasteiger partial charge in [-0.1, -0.05) is 0 Å². The van der Waals surface area contributed by atoms with Gasteiger partial charge in [-0.25, -0.2) is 8.42 Å². The maximum Gasteiger partial charge on any atom is 0.150 e. The zero-order valence-electron chi connectivity index (χ0n) is 9.18. The van der Waals surface area contributed by atoms with Gasteiger partial charge in [0.1, 0.15) is 9.84 Å². The van der Waals surface area contributed by atoms with E-state index in [1.807, 2.05) is 0 Å². The molecule has 0 aromatic rings. The van der Waals surface area contributed by atoms with Crippen molar-refractivity contribution in [1.82, 2.24) is 4.90 Å². The summed E-state index contributed by atoms with van der Waals surface area (Å²) >= 11 is 0. The van der Waals surface area contributed by atoms with Gasteiger partial charge in [0.25, 0.3) is 0 Å². The van der Waals surface area contributed by atoms with E-state index in [1.165, 1.54) is 0 Å². The average Bonchev–Trinajstić information content (AvgIpc) is 2.17. The topological polar surface area (TPSA) is 46.6 Å². The van der Waals surface area contributed by atoms with E-state index in [-0.39, 0.29) is 6.10 Å². The van der Waals surface area contributed by atoms with E-state index >= 15 is 0 Å². The van der Waals surface area contributed by atoms with Crippen LogP contribution in [-0.2, 0) is 14.6 Å². The molecule has 2 fully saturated rings. The highest BCUT2D eigenvalue weighted by Gasteiger charge is 2.30. The molecule has 5 heteroatoms. The monoisotopic (exact) mass is 233 g/mol. The van der Waals surface area contributed by atoms with E-state index in [9.17, 15) is 8.42 Å². The molecule has 0 aliphatic carbocycles. The van der Waals surface area contributed by atoms with Crippen LogP contribution in [0.2, 0.25) is 0 Å². The highest BCUT2D eigenvalue weighted by Crippen LogP contribution is 2.20. The van der Waals surface area contributed by atoms with Crippen molar-refractivity contribution < 1.29 is 13.2 Å². The van der Waals surface area contributed by atoms with Crippen molar-refractivity contribution in [2.24, 2.45) is 0 Å². The number of sulfone groups is 1. The van der Waals surface area contributed by atoms with Gasteiger partial charge in [-0.3, -0.25) is 4.90 Å². The Bertz CT molecular complexity index is 301. The van der Waals surface area contributed by atoms with Crippen molar-refractivity contribution in [3.8, 4) is 0 Å². The molecule has 15 heavy (non-hydrogen) atoms. The standard InChI is InChI=1S/C10H19NO3S/c1-9-8-11(4-5-14-9)10-2-6-15(12,13)7-3-10/h9-10H,2-8H2,1H3. The van der Waals surface area contributed by atoms with Crippen LogP contribution in [-0.4, -0.2) is 56.7 Å². The summed E-state index contributed by atoms with van der Waals surface area (Å²) < 4.78 is 28.1. The second kappa shape index (κ2) is 4.39. The van der Waals surface area contributed by atoms with Crippen molar-refractivity contribution in [3.05, 3.63) is 0 Å². The number of nitrogens with zero attached hydrogens (tertiary/aromatic N) is 1. The summed E-state index contributed by atoms with van der Waals surface area (Å²) in [6.07, 6.45) is 1.89. The lowest BCUT2D eigenvalue weighted by molar-refractivity contribution is -0.0353. The third kappa shape index (κ3) is 2.92. The molecule has 2 rings (SSSR count). The van der Waals surface area contributed by atoms with Crippen LogP contribution < -0.4 is 0 Å². The van der Waals surface area contributed by atoms with E-state index in [2.05, 4.69) is 11.8 Å². The Labute approximate surface area is 91.5 Å². The Morgan fingerprint density at radius 3 is 2.53 bits per heavy atom. The van der Waals surface area contributed by atoms with E-state index in [0.717, 1.165) is 32.5 Å². The van der Waals surface area contributed by atoms with Gasteiger partial charge >= 0.3 is 0 Å². The van der Waals surface area contributed by atoms with E-state index < -0.39 is 9.84 Å². The molecule has 0 aromatic heterocycles. The molecule has 0 amide bonds. The minimum atomic E-state index is -2.73. The van der Waals surface area contributed by atoms with E-state index in [4.69, 9.17) is 4.74 Å². The van der Waals surface area contributed by atoms with Gasteiger partial charge in [-0.05, 0) is 19.8 Å². The third-order valence-electron chi connectivity index (χ3n) is 3.31. The number of hydrogen-bond donors (Lipinski definition) is 0. The number of hydrogen-bond acceptors (Lipinski definition) is 4. The van der Waals surface area contributed by atoms with Crippen LogP contribution in [0.25, 0.3) is 0 Å². The molecule has 2 aliphatic heterocycles. The largest absolute Gasteiger partial charge is 0.376 e. The Kier molecular flexibility index (Phi) is 3.33. The molecule has 0 aromatic carbocycles. The van der Waals surface area contributed by atoms with Crippen LogP contribution in [0.1, 0.15) is 19.8 Å². The van der Waals surface area contributed by atoms with Crippen LogP contribution >= 0.6 is 0 Å². The molecular formula is C10H19NO3S. The molecule has 0 N–H and O–H groups in total. The normalized spacial score (nSPS) is 34.1. The summed E-state index contributed by atoms with van der Waals surface area (Å²) in [4.78, 5) is 2.39. The molecule has 88 valence electrons. The molecule has 2 saturated heterocycles. The SMILES string of the molecule is CC1CN(C2CCS(=O)(=O)CC2)CCO1. The van der Waals surface area contributed by atoms with Gasteiger partial charge in [-0.15, -0.1) is 0 Å². The summed E-state index contributed by atoms with van der Waals surface area (Å²) in [5.74, 6) is 0.729. The van der Waals surface area contributed by atoms with Crippen molar-refractivity contribution in [1.29, 1.82) is 0 Å². The molecule has 2 heterocycles. The lowest BCUT2D eigenvalue weighted by Crippen LogP contribution is -2.49. The highest BCUT2D eigenvalue weighted by atomic mass is 32.2. The highest BCUT2D eigenvalue weighted by molar-refractivity contribution is 7.91. The van der Waals surface area contributed by atoms with Crippen molar-refractivity contribution in [2.75, 3.05) is 31.2 Å². The predicted octanol–water partition coefficient (Wildman–Crippen LogP) is 0.284. The van der Waals surface area contributed by atoms with Gasteiger partial charge in [0.15, 0.2) is 0 Å². The smallest absolute Gasteiger partial charge is 0.150 e. The number of rotatable bonds is 1. The number of ether oxygens (including phenoxy) is 1. The summed E-state index contributed by atoms with van der Waals surface area (Å²) in [6, 6.07) is 0.458. The Hall–Kier alpha value is -0.130. The first kappa shape index (κ1) is 11.4. The van der Waals surface area contributed by atoms with Crippen molar-refractivity contribution in [2.45, 2.75) is 31.9 Å². The van der Waals surface area contributed by atoms with E-state index in [1.54, 1.807) is 0 Å². The van der Waals surface area contributed by atoms with Gasteiger partial charge < -0.3 is 4.74 Å². The second-order valence-electron chi connectivity index (χ2n) is 4.56. The fourth-order valence-electron chi connectivity index (χ4n) is 2.42. The van der Waals surface area contributed by atoms with Crippen molar-refractivity contribution in [3.63, 3.8) is 0 Å². The molecule has 0 radical (unpaired) electrons. The molecular weight excluding hydrogens is 214 g/mol. The fourth-order valence-corrected chi connectivity index (χ4v) is 3.89. The van der Waals surface area contributed by atoms with Gasteiger partial charge in [0, 0.05) is 19.1 Å². The first-order valence-corrected chi connectivity index (χ1v) is 7.45. The molecule has 1 unspecified atom stereocenters. The number of morpholine rings is 1. The zero-order chi connectivity index (χ0) is 10.9. The first-order valence-electron chi connectivity index (χ1n) is 5.63. The predicted molar refractivity (Wildman–Crippen MR) is 58.7 cm³/mol. The average molecular weight is 233 g/mol. The third-order valence-corrected chi connectivity index (χ3v) is 5.03. The summed E-state index contributed by atoms with van der Waals surface area (Å²) in [7, 11) is -2.73. The molecule has 1 atom stereocenters. The quantitative estimate of drug-likeness (QED) is 0.653. The minimum Gasteiger partial charge on any atom is -0.376 e.